The Morgan fingerprint density at radius 1 is 1.78 bits per heavy atom. The molecule has 0 saturated carbocycles. The summed E-state index contributed by atoms with van der Waals surface area (Å²) in [5.41, 5.74) is 4.39. The van der Waals surface area contributed by atoms with E-state index in [-0.39, 0.29) is 5.92 Å². The molecule has 0 atom stereocenters. The summed E-state index contributed by atoms with van der Waals surface area (Å²) in [6.07, 6.45) is 0.750. The fourth-order valence-electron chi connectivity index (χ4n) is 0. The molecule has 0 rings (SSSR count). The van der Waals surface area contributed by atoms with Crippen LogP contribution in [0.2, 0.25) is 0 Å². The predicted molar refractivity (Wildman–Crippen MR) is 35.4 cm³/mol. The fraction of sp³-hybridized carbons (Fsp3) is 0.600. The zero-order valence-corrected chi connectivity index (χ0v) is 5.59. The van der Waals surface area contributed by atoms with Crippen molar-refractivity contribution in [2.24, 2.45) is 11.7 Å². The average Bonchev–Trinajstić information content (AvgIpc) is 1.68. The summed E-state index contributed by atoms with van der Waals surface area (Å²) in [7, 11) is 0. The van der Waals surface area contributed by atoms with E-state index in [1.165, 1.54) is 0 Å². The second-order valence-electron chi connectivity index (χ2n) is 1.66. The lowest BCUT2D eigenvalue weighted by atomic mass is 10.2. The molecule has 0 aromatic heterocycles. The van der Waals surface area contributed by atoms with Crippen molar-refractivity contribution in [3.63, 3.8) is 0 Å². The van der Waals surface area contributed by atoms with Gasteiger partial charge in [-0.15, -0.1) is 0 Å². The lowest BCUT2D eigenvalue weighted by molar-refractivity contribution is -0.140. The first-order valence-electron chi connectivity index (χ1n) is 2.49. The van der Waals surface area contributed by atoms with Gasteiger partial charge in [0.1, 0.15) is 0 Å². The van der Waals surface area contributed by atoms with E-state index in [0.717, 1.165) is 6.34 Å². The summed E-state index contributed by atoms with van der Waals surface area (Å²) < 4.78 is 0. The smallest absolute Gasteiger partial charge is 0.305 e. The van der Waals surface area contributed by atoms with E-state index in [2.05, 4.69) is 5.73 Å². The largest absolute Gasteiger partial charge is 0.481 e. The number of carboxylic acids is 1. The van der Waals surface area contributed by atoms with Crippen molar-refractivity contribution in [3.8, 4) is 0 Å². The highest BCUT2D eigenvalue weighted by Gasteiger charge is 1.99. The number of carbonyl (C=O) groups is 1. The van der Waals surface area contributed by atoms with Crippen LogP contribution in [0, 0.1) is 11.3 Å². The summed E-state index contributed by atoms with van der Waals surface area (Å²) in [5.74, 6) is -0.972. The number of carboxylic acid groups (broad SMARTS) is 1. The van der Waals surface area contributed by atoms with Crippen LogP contribution in [0.15, 0.2) is 0 Å². The third-order valence-electron chi connectivity index (χ3n) is 0.494. The third-order valence-corrected chi connectivity index (χ3v) is 0.494. The molecule has 0 amide bonds. The maximum Gasteiger partial charge on any atom is 0.305 e. The minimum Gasteiger partial charge on any atom is -0.481 e. The van der Waals surface area contributed by atoms with Gasteiger partial charge in [0.15, 0.2) is 0 Å². The molecule has 0 saturated heterocycles. The van der Waals surface area contributed by atoms with Crippen molar-refractivity contribution in [1.82, 2.24) is 0 Å². The van der Waals surface area contributed by atoms with Crippen molar-refractivity contribution < 1.29 is 9.90 Å². The van der Waals surface area contributed by atoms with Gasteiger partial charge < -0.3 is 10.8 Å². The Morgan fingerprint density at radius 3 is 1.89 bits per heavy atom. The number of rotatable bonds is 1. The topological polar surface area (TPSA) is 87.2 Å². The second kappa shape index (κ2) is 6.94. The molecule has 0 radical (unpaired) electrons. The minimum atomic E-state index is -0.741. The van der Waals surface area contributed by atoms with E-state index in [1.54, 1.807) is 13.8 Å². The van der Waals surface area contributed by atoms with Crippen LogP contribution in [0.5, 0.6) is 0 Å². The van der Waals surface area contributed by atoms with E-state index >= 15 is 0 Å². The Hall–Kier alpha value is -1.06. The van der Waals surface area contributed by atoms with Crippen LogP contribution < -0.4 is 5.73 Å². The molecule has 0 spiro atoms. The van der Waals surface area contributed by atoms with E-state index in [9.17, 15) is 4.79 Å². The van der Waals surface area contributed by atoms with Crippen molar-refractivity contribution in [2.45, 2.75) is 13.8 Å². The first-order chi connectivity index (χ1) is 4.06. The van der Waals surface area contributed by atoms with Gasteiger partial charge in [-0.25, -0.2) is 0 Å². The van der Waals surface area contributed by atoms with Crippen LogP contribution in [0.3, 0.4) is 0 Å². The van der Waals surface area contributed by atoms with E-state index in [0.29, 0.717) is 0 Å². The van der Waals surface area contributed by atoms with Crippen LogP contribution >= 0.6 is 0 Å². The molecular formula is C5H12N2O2. The van der Waals surface area contributed by atoms with Crippen LogP contribution in [-0.2, 0) is 4.79 Å². The Balaban J connectivity index is 0. The highest BCUT2D eigenvalue weighted by molar-refractivity contribution is 5.68. The van der Waals surface area contributed by atoms with Gasteiger partial charge in [-0.05, 0) is 0 Å². The van der Waals surface area contributed by atoms with Gasteiger partial charge in [0, 0.05) is 0 Å². The molecule has 0 aliphatic rings. The van der Waals surface area contributed by atoms with Crippen LogP contribution in [-0.4, -0.2) is 17.4 Å². The van der Waals surface area contributed by atoms with Crippen molar-refractivity contribution in [1.29, 1.82) is 5.41 Å². The Kier molecular flexibility index (Phi) is 8.36. The summed E-state index contributed by atoms with van der Waals surface area (Å²) >= 11 is 0. The van der Waals surface area contributed by atoms with Crippen LogP contribution in [0.1, 0.15) is 13.8 Å². The van der Waals surface area contributed by atoms with Crippen molar-refractivity contribution >= 4 is 12.3 Å². The minimum absolute atomic E-state index is 0.231. The molecule has 0 unspecified atom stereocenters. The van der Waals surface area contributed by atoms with Gasteiger partial charge in [-0.3, -0.25) is 10.2 Å². The lowest BCUT2D eigenvalue weighted by Gasteiger charge is -1.89. The number of hydrogen-bond acceptors (Lipinski definition) is 2. The molecule has 54 valence electrons. The Bertz CT molecular complexity index is 91.0. The third kappa shape index (κ3) is 19.6. The van der Waals surface area contributed by atoms with Crippen molar-refractivity contribution in [2.75, 3.05) is 0 Å². The second-order valence-corrected chi connectivity index (χ2v) is 1.66. The molecule has 0 fully saturated rings. The van der Waals surface area contributed by atoms with Gasteiger partial charge in [0.05, 0.1) is 12.3 Å². The maximum absolute atomic E-state index is 9.70. The Morgan fingerprint density at radius 2 is 1.89 bits per heavy atom. The standard InChI is InChI=1S/C4H8O2.CH4N2/c1-3(2)4(5)6;2-1-3/h3H,1-2H3,(H,5,6);1H,(H3,2,3). The van der Waals surface area contributed by atoms with Crippen molar-refractivity contribution in [3.05, 3.63) is 0 Å². The fourth-order valence-corrected chi connectivity index (χ4v) is 0. The summed E-state index contributed by atoms with van der Waals surface area (Å²) in [4.78, 5) is 9.70. The molecule has 0 aliphatic heterocycles. The number of aliphatic carboxylic acids is 1. The molecule has 0 aromatic carbocycles. The van der Waals surface area contributed by atoms with Gasteiger partial charge in [0.25, 0.3) is 0 Å². The summed E-state index contributed by atoms with van der Waals surface area (Å²) in [6.45, 7) is 3.28. The lowest BCUT2D eigenvalue weighted by Crippen LogP contribution is -2.03. The normalized spacial score (nSPS) is 7.44. The molecule has 4 heteroatoms. The molecule has 4 nitrogen and oxygen atoms in total. The number of hydrogen-bond donors (Lipinski definition) is 3. The zero-order chi connectivity index (χ0) is 7.86. The SMILES string of the molecule is CC(C)C(=O)O.N=CN. The Labute approximate surface area is 54.2 Å². The quantitative estimate of drug-likeness (QED) is 0.353. The monoisotopic (exact) mass is 132 g/mol. The summed E-state index contributed by atoms with van der Waals surface area (Å²) in [6, 6.07) is 0. The first kappa shape index (κ1) is 10.8. The molecule has 0 bridgehead atoms. The molecule has 9 heavy (non-hydrogen) atoms. The van der Waals surface area contributed by atoms with Gasteiger partial charge in [-0.1, -0.05) is 13.8 Å². The highest BCUT2D eigenvalue weighted by Crippen LogP contribution is 1.87. The van der Waals surface area contributed by atoms with Gasteiger partial charge in [0.2, 0.25) is 0 Å². The van der Waals surface area contributed by atoms with Gasteiger partial charge in [-0.2, -0.15) is 0 Å². The molecule has 0 aromatic rings. The average molecular weight is 132 g/mol. The maximum atomic E-state index is 9.70. The first-order valence-corrected chi connectivity index (χ1v) is 2.49. The zero-order valence-electron chi connectivity index (χ0n) is 5.59. The number of nitrogens with two attached hydrogens (primary N) is 1. The van der Waals surface area contributed by atoms with Gasteiger partial charge >= 0.3 is 5.97 Å². The summed E-state index contributed by atoms with van der Waals surface area (Å²) in [5, 5.41) is 13.9. The predicted octanol–water partition coefficient (Wildman–Crippen LogP) is 0.279. The van der Waals surface area contributed by atoms with E-state index in [4.69, 9.17) is 10.5 Å². The number of nitrogens with one attached hydrogen (secondary N) is 1. The van der Waals surface area contributed by atoms with Crippen LogP contribution in [0.4, 0.5) is 0 Å². The molecule has 0 heterocycles. The highest BCUT2D eigenvalue weighted by atomic mass is 16.4. The van der Waals surface area contributed by atoms with E-state index in [1.807, 2.05) is 0 Å². The molecule has 4 N–H and O–H groups in total. The molecular weight excluding hydrogens is 120 g/mol. The van der Waals surface area contributed by atoms with E-state index < -0.39 is 5.97 Å². The van der Waals surface area contributed by atoms with Crippen LogP contribution in [0.25, 0.3) is 0 Å². The molecule has 0 aliphatic carbocycles.